The van der Waals surface area contributed by atoms with E-state index in [2.05, 4.69) is 30.4 Å². The van der Waals surface area contributed by atoms with Crippen LogP contribution in [0.2, 0.25) is 0 Å². The minimum absolute atomic E-state index is 0.417. The van der Waals surface area contributed by atoms with Crippen molar-refractivity contribution in [3.05, 3.63) is 78.0 Å². The quantitative estimate of drug-likeness (QED) is 0.121. The average Bonchev–Trinajstić information content (AvgIpc) is 3.76. The maximum Gasteiger partial charge on any atom is 0.259 e. The SMILES string of the molecule is COc1cc(C)cc(-c2ncn(/C=C\C(=O)NN)n2)c1.COc1cc(C)cc(-c2ncn(/C=C\c3nnc(C)o3)n2)c1. The van der Waals surface area contributed by atoms with Gasteiger partial charge in [-0.1, -0.05) is 0 Å². The maximum absolute atomic E-state index is 11.0. The molecule has 42 heavy (non-hydrogen) atoms. The first-order valence-electron chi connectivity index (χ1n) is 12.6. The van der Waals surface area contributed by atoms with Crippen molar-refractivity contribution in [1.29, 1.82) is 0 Å². The summed E-state index contributed by atoms with van der Waals surface area (Å²) in [5.41, 5.74) is 5.87. The molecule has 0 saturated carbocycles. The van der Waals surface area contributed by atoms with Gasteiger partial charge in [-0.3, -0.25) is 10.2 Å². The van der Waals surface area contributed by atoms with Crippen molar-refractivity contribution in [1.82, 2.24) is 45.2 Å². The van der Waals surface area contributed by atoms with E-state index in [9.17, 15) is 4.79 Å². The fraction of sp³-hybridized carbons (Fsp3) is 0.179. The summed E-state index contributed by atoms with van der Waals surface area (Å²) in [5, 5.41) is 16.3. The number of nitrogens with one attached hydrogen (secondary N) is 1. The second-order valence-electron chi connectivity index (χ2n) is 8.87. The third-order valence-electron chi connectivity index (χ3n) is 5.54. The van der Waals surface area contributed by atoms with Crippen LogP contribution in [-0.2, 0) is 4.79 Å². The van der Waals surface area contributed by atoms with E-state index in [0.29, 0.717) is 23.4 Å². The molecule has 216 valence electrons. The fourth-order valence-corrected chi connectivity index (χ4v) is 3.66. The van der Waals surface area contributed by atoms with Gasteiger partial charge < -0.3 is 13.9 Å². The molecule has 0 unspecified atom stereocenters. The van der Waals surface area contributed by atoms with Gasteiger partial charge in [0, 0.05) is 42.6 Å². The predicted octanol–water partition coefficient (Wildman–Crippen LogP) is 3.30. The smallest absolute Gasteiger partial charge is 0.259 e. The number of nitrogens with zero attached hydrogens (tertiary/aromatic N) is 8. The summed E-state index contributed by atoms with van der Waals surface area (Å²) in [6.07, 6.45) is 9.22. The molecular weight excluding hydrogens is 540 g/mol. The van der Waals surface area contributed by atoms with Gasteiger partial charge in [-0.25, -0.2) is 25.2 Å². The van der Waals surface area contributed by atoms with E-state index in [4.69, 9.17) is 19.7 Å². The molecule has 3 aromatic heterocycles. The van der Waals surface area contributed by atoms with Crippen molar-refractivity contribution in [3.63, 3.8) is 0 Å². The number of hydrogen-bond acceptors (Lipinski definition) is 11. The first-order chi connectivity index (χ1) is 20.3. The highest BCUT2D eigenvalue weighted by molar-refractivity contribution is 5.89. The highest BCUT2D eigenvalue weighted by Gasteiger charge is 2.08. The Morgan fingerprint density at radius 3 is 1.86 bits per heavy atom. The van der Waals surface area contributed by atoms with Crippen molar-refractivity contribution in [3.8, 4) is 34.3 Å². The number of benzene rings is 2. The molecule has 0 radical (unpaired) electrons. The van der Waals surface area contributed by atoms with Gasteiger partial charge in [0.1, 0.15) is 24.2 Å². The summed E-state index contributed by atoms with van der Waals surface area (Å²) in [4.78, 5) is 19.5. The van der Waals surface area contributed by atoms with E-state index < -0.39 is 5.91 Å². The molecule has 14 nitrogen and oxygen atoms in total. The minimum atomic E-state index is -0.417. The molecule has 3 N–H and O–H groups in total. The highest BCUT2D eigenvalue weighted by atomic mass is 16.5. The van der Waals surface area contributed by atoms with E-state index in [1.54, 1.807) is 44.4 Å². The second-order valence-corrected chi connectivity index (χ2v) is 8.87. The second kappa shape index (κ2) is 13.6. The minimum Gasteiger partial charge on any atom is -0.497 e. The Hall–Kier alpha value is -5.63. The lowest BCUT2D eigenvalue weighted by Crippen LogP contribution is -2.28. The number of amides is 1. The highest BCUT2D eigenvalue weighted by Crippen LogP contribution is 2.24. The van der Waals surface area contributed by atoms with Crippen LogP contribution in [0.15, 0.2) is 59.5 Å². The number of carbonyl (C=O) groups is 1. The lowest BCUT2D eigenvalue weighted by molar-refractivity contribution is -0.116. The van der Waals surface area contributed by atoms with Crippen LogP contribution >= 0.6 is 0 Å². The number of aryl methyl sites for hydroxylation is 3. The van der Waals surface area contributed by atoms with E-state index in [0.717, 1.165) is 33.8 Å². The van der Waals surface area contributed by atoms with Gasteiger partial charge in [-0.2, -0.15) is 0 Å². The Balaban J connectivity index is 0.000000194. The van der Waals surface area contributed by atoms with Crippen LogP contribution in [0.3, 0.4) is 0 Å². The normalized spacial score (nSPS) is 11.0. The van der Waals surface area contributed by atoms with Crippen LogP contribution in [-0.4, -0.2) is 59.9 Å². The van der Waals surface area contributed by atoms with Gasteiger partial charge in [-0.05, 0) is 61.4 Å². The summed E-state index contributed by atoms with van der Waals surface area (Å²) in [7, 11) is 3.25. The number of ether oxygens (including phenoxy) is 2. The number of carbonyl (C=O) groups excluding carboxylic acids is 1. The number of hydrogen-bond donors (Lipinski definition) is 2. The Kier molecular flexibility index (Phi) is 9.53. The van der Waals surface area contributed by atoms with Crippen molar-refractivity contribution >= 4 is 24.4 Å². The third-order valence-corrected chi connectivity index (χ3v) is 5.54. The molecule has 0 saturated heterocycles. The molecule has 0 atom stereocenters. The number of hydrazine groups is 1. The zero-order valence-corrected chi connectivity index (χ0v) is 23.7. The maximum atomic E-state index is 11.0. The third kappa shape index (κ3) is 7.95. The molecule has 0 aliphatic heterocycles. The predicted molar refractivity (Wildman–Crippen MR) is 155 cm³/mol. The van der Waals surface area contributed by atoms with E-state index in [-0.39, 0.29) is 0 Å². The number of aromatic nitrogens is 8. The molecule has 0 aliphatic carbocycles. The lowest BCUT2D eigenvalue weighted by atomic mass is 10.1. The molecule has 14 heteroatoms. The Bertz CT molecular complexity index is 1720. The zero-order chi connectivity index (χ0) is 30.1. The Morgan fingerprint density at radius 1 is 0.833 bits per heavy atom. The van der Waals surface area contributed by atoms with E-state index in [1.165, 1.54) is 23.3 Å². The first kappa shape index (κ1) is 29.4. The molecule has 2 aromatic carbocycles. The van der Waals surface area contributed by atoms with Crippen molar-refractivity contribution < 1.29 is 18.7 Å². The standard InChI is InChI=1S/C15H15N5O2.C13H15N5O2/c1-10-6-12(8-13(7-10)21-3)15-16-9-20(19-15)5-4-14-18-17-11(2)22-14;1-9-5-10(7-11(6-9)20-2)13-15-8-18(17-13)4-3-12(19)16-14/h4-9H,1-3H3;3-8H,14H2,1-2H3,(H,16,19)/b5-4-;4-3-. The van der Waals surface area contributed by atoms with Gasteiger partial charge in [0.2, 0.25) is 11.8 Å². The summed E-state index contributed by atoms with van der Waals surface area (Å²) in [6, 6.07) is 11.6. The number of nitrogens with two attached hydrogens (primary N) is 1. The van der Waals surface area contributed by atoms with Gasteiger partial charge >= 0.3 is 0 Å². The monoisotopic (exact) mass is 570 g/mol. The molecule has 0 bridgehead atoms. The Labute approximate surface area is 241 Å². The van der Waals surface area contributed by atoms with E-state index in [1.807, 2.05) is 55.7 Å². The van der Waals surface area contributed by atoms with Crippen LogP contribution < -0.4 is 20.7 Å². The van der Waals surface area contributed by atoms with Crippen LogP contribution in [0.4, 0.5) is 0 Å². The van der Waals surface area contributed by atoms with Crippen molar-refractivity contribution in [2.45, 2.75) is 20.8 Å². The summed E-state index contributed by atoms with van der Waals surface area (Å²) in [5.74, 6) is 8.19. The van der Waals surface area contributed by atoms with E-state index >= 15 is 0 Å². The number of methoxy groups -OCH3 is 2. The first-order valence-corrected chi connectivity index (χ1v) is 12.6. The fourth-order valence-electron chi connectivity index (χ4n) is 3.66. The number of rotatable bonds is 8. The molecule has 3 heterocycles. The van der Waals surface area contributed by atoms with Crippen LogP contribution in [0.25, 0.3) is 41.3 Å². The van der Waals surface area contributed by atoms with Gasteiger partial charge in [0.25, 0.3) is 5.91 Å². The van der Waals surface area contributed by atoms with Crippen LogP contribution in [0.1, 0.15) is 22.9 Å². The van der Waals surface area contributed by atoms with Crippen LogP contribution in [0.5, 0.6) is 11.5 Å². The average molecular weight is 571 g/mol. The van der Waals surface area contributed by atoms with Gasteiger partial charge in [0.15, 0.2) is 11.6 Å². The molecule has 5 rings (SSSR count). The molecule has 1 amide bonds. The van der Waals surface area contributed by atoms with Gasteiger partial charge in [-0.15, -0.1) is 20.4 Å². The summed E-state index contributed by atoms with van der Waals surface area (Å²) in [6.45, 7) is 5.71. The molecule has 5 aromatic rings. The zero-order valence-electron chi connectivity index (χ0n) is 23.7. The summed E-state index contributed by atoms with van der Waals surface area (Å²) >= 11 is 0. The largest absolute Gasteiger partial charge is 0.497 e. The molecular formula is C28H30N10O4. The van der Waals surface area contributed by atoms with Crippen molar-refractivity contribution in [2.75, 3.05) is 14.2 Å². The summed E-state index contributed by atoms with van der Waals surface area (Å²) < 4.78 is 18.8. The lowest BCUT2D eigenvalue weighted by Gasteiger charge is -2.03. The molecule has 0 spiro atoms. The van der Waals surface area contributed by atoms with Gasteiger partial charge in [0.05, 0.1) is 14.2 Å². The molecule has 0 aliphatic rings. The topological polar surface area (TPSA) is 174 Å². The van der Waals surface area contributed by atoms with Crippen molar-refractivity contribution in [2.24, 2.45) is 5.84 Å². The van der Waals surface area contributed by atoms with Crippen LogP contribution in [0, 0.1) is 20.8 Å². The molecule has 0 fully saturated rings. The Morgan fingerprint density at radius 2 is 1.38 bits per heavy atom.